The molecule has 0 fully saturated rings. The average Bonchev–Trinajstić information content (AvgIpc) is 2.86. The Kier molecular flexibility index (Phi) is 3.60. The van der Waals surface area contributed by atoms with Crippen LogP contribution < -0.4 is 9.47 Å². The van der Waals surface area contributed by atoms with Crippen molar-refractivity contribution in [2.24, 2.45) is 0 Å². The molecule has 1 aromatic carbocycles. The lowest BCUT2D eigenvalue weighted by Crippen LogP contribution is -2.21. The summed E-state index contributed by atoms with van der Waals surface area (Å²) < 4.78 is 17.3. The highest BCUT2D eigenvalue weighted by Crippen LogP contribution is 2.60. The number of esters is 1. The van der Waals surface area contributed by atoms with E-state index in [1.807, 2.05) is 27.7 Å². The summed E-state index contributed by atoms with van der Waals surface area (Å²) in [6.45, 7) is 12.2. The number of benzene rings is 1. The normalized spacial score (nSPS) is 19.9. The van der Waals surface area contributed by atoms with Gasteiger partial charge in [0, 0.05) is 0 Å². The fourth-order valence-corrected chi connectivity index (χ4v) is 4.91. The van der Waals surface area contributed by atoms with Gasteiger partial charge in [0.1, 0.15) is 5.56 Å². The molecule has 0 N–H and O–H groups in total. The molecule has 0 unspecified atom stereocenters. The van der Waals surface area contributed by atoms with Crippen molar-refractivity contribution < 1.29 is 19.0 Å². The molecule has 0 bridgehead atoms. The van der Waals surface area contributed by atoms with Crippen LogP contribution in [-0.2, 0) is 4.74 Å². The summed E-state index contributed by atoms with van der Waals surface area (Å²) >= 11 is 3.27. The molecule has 0 aliphatic carbocycles. The van der Waals surface area contributed by atoms with Gasteiger partial charge in [0.2, 0.25) is 0 Å². The van der Waals surface area contributed by atoms with E-state index in [2.05, 4.69) is 6.92 Å². The Labute approximate surface area is 139 Å². The number of carbonyl (C=O) groups excluding carboxylic acids is 1. The predicted octanol–water partition coefficient (Wildman–Crippen LogP) is 4.61. The Morgan fingerprint density at radius 2 is 1.50 bits per heavy atom. The van der Waals surface area contributed by atoms with Gasteiger partial charge in [0.15, 0.2) is 21.4 Å². The van der Waals surface area contributed by atoms with Crippen molar-refractivity contribution in [1.29, 1.82) is 0 Å². The van der Waals surface area contributed by atoms with Crippen molar-refractivity contribution in [3.8, 4) is 11.5 Å². The van der Waals surface area contributed by atoms with E-state index in [4.69, 9.17) is 14.2 Å². The molecule has 0 saturated heterocycles. The topological polar surface area (TPSA) is 44.8 Å². The Morgan fingerprint density at radius 3 is 1.91 bits per heavy atom. The van der Waals surface area contributed by atoms with E-state index in [0.717, 1.165) is 15.4 Å². The summed E-state index contributed by atoms with van der Waals surface area (Å²) in [6.07, 6.45) is 0. The number of hydrogen-bond acceptors (Lipinski definition) is 6. The number of ether oxygens (including phenoxy) is 3. The lowest BCUT2D eigenvalue weighted by molar-refractivity contribution is 0.0511. The fourth-order valence-electron chi connectivity index (χ4n) is 2.63. The quantitative estimate of drug-likeness (QED) is 0.732. The maximum absolute atomic E-state index is 12.5. The molecule has 1 aromatic rings. The van der Waals surface area contributed by atoms with Gasteiger partial charge in [-0.2, -0.15) is 0 Å². The van der Waals surface area contributed by atoms with Gasteiger partial charge in [0.05, 0.1) is 16.4 Å². The van der Waals surface area contributed by atoms with Crippen LogP contribution in [0.15, 0.2) is 9.79 Å². The third-order valence-corrected chi connectivity index (χ3v) is 5.96. The molecule has 6 heteroatoms. The minimum atomic E-state index is -0.399. The molecular weight excluding hydrogens is 320 g/mol. The highest BCUT2D eigenvalue weighted by Gasteiger charge is 2.44. The fraction of sp³-hybridized carbons (Fsp3) is 0.562. The van der Waals surface area contributed by atoms with Crippen LogP contribution in [0.2, 0.25) is 0 Å². The predicted molar refractivity (Wildman–Crippen MR) is 88.3 cm³/mol. The highest BCUT2D eigenvalue weighted by atomic mass is 32.2. The van der Waals surface area contributed by atoms with E-state index >= 15 is 0 Å². The maximum Gasteiger partial charge on any atom is 0.345 e. The summed E-state index contributed by atoms with van der Waals surface area (Å²) in [5.74, 6) is 0.817. The molecule has 22 heavy (non-hydrogen) atoms. The molecular formula is C16H20O4S2. The van der Waals surface area contributed by atoms with Crippen LogP contribution in [0.1, 0.15) is 50.5 Å². The molecule has 2 aliphatic heterocycles. The highest BCUT2D eigenvalue weighted by molar-refractivity contribution is 8.01. The van der Waals surface area contributed by atoms with Gasteiger partial charge in [-0.3, -0.25) is 0 Å². The SMILES string of the molecule is CCOC(=O)c1c2c(c(C)c3c1OC(C)(C)S3)SC(C)(C)O2. The van der Waals surface area contributed by atoms with Crippen LogP contribution in [0.3, 0.4) is 0 Å². The summed E-state index contributed by atoms with van der Waals surface area (Å²) in [6, 6.07) is 0. The van der Waals surface area contributed by atoms with Crippen molar-refractivity contribution in [2.75, 3.05) is 6.61 Å². The maximum atomic E-state index is 12.5. The summed E-state index contributed by atoms with van der Waals surface area (Å²) in [5, 5.41) is 0. The van der Waals surface area contributed by atoms with Gasteiger partial charge in [0.25, 0.3) is 0 Å². The van der Waals surface area contributed by atoms with Gasteiger partial charge in [-0.1, -0.05) is 23.5 Å². The van der Waals surface area contributed by atoms with Gasteiger partial charge in [-0.15, -0.1) is 0 Å². The summed E-state index contributed by atoms with van der Waals surface area (Å²) in [5.41, 5.74) is 1.54. The van der Waals surface area contributed by atoms with E-state index in [-0.39, 0.29) is 5.97 Å². The van der Waals surface area contributed by atoms with Crippen molar-refractivity contribution in [2.45, 2.75) is 61.2 Å². The minimum absolute atomic E-state index is 0.323. The second-order valence-electron chi connectivity index (χ2n) is 6.24. The number of thioether (sulfide) groups is 2. The first kappa shape index (κ1) is 15.9. The van der Waals surface area contributed by atoms with Gasteiger partial charge < -0.3 is 14.2 Å². The van der Waals surface area contributed by atoms with E-state index in [9.17, 15) is 4.79 Å². The molecule has 4 nitrogen and oxygen atoms in total. The standard InChI is InChI=1S/C16H20O4S2/c1-7-18-14(17)9-10-12(21-15(3,4)19-10)8(2)13-11(9)20-16(5,6)22-13/h7H2,1-6H3. The molecule has 2 heterocycles. The molecule has 0 radical (unpaired) electrons. The van der Waals surface area contributed by atoms with Crippen LogP contribution >= 0.6 is 23.5 Å². The van der Waals surface area contributed by atoms with E-state index in [1.54, 1.807) is 30.4 Å². The Hall–Kier alpha value is -1.01. The molecule has 0 spiro atoms. The monoisotopic (exact) mass is 340 g/mol. The molecule has 0 atom stereocenters. The zero-order valence-corrected chi connectivity index (χ0v) is 15.3. The van der Waals surface area contributed by atoms with Crippen molar-refractivity contribution in [1.82, 2.24) is 0 Å². The zero-order valence-electron chi connectivity index (χ0n) is 13.7. The second kappa shape index (κ2) is 4.99. The lowest BCUT2D eigenvalue weighted by Gasteiger charge is -2.19. The molecule has 0 saturated carbocycles. The third-order valence-electron chi connectivity index (χ3n) is 3.42. The molecule has 120 valence electrons. The van der Waals surface area contributed by atoms with Crippen LogP contribution in [0.25, 0.3) is 0 Å². The van der Waals surface area contributed by atoms with Crippen LogP contribution in [-0.4, -0.2) is 22.4 Å². The van der Waals surface area contributed by atoms with Gasteiger partial charge in [-0.25, -0.2) is 4.79 Å². The zero-order chi connectivity index (χ0) is 16.3. The van der Waals surface area contributed by atoms with E-state index < -0.39 is 9.87 Å². The number of fused-ring (bicyclic) bond motifs is 2. The van der Waals surface area contributed by atoms with E-state index in [1.165, 1.54) is 0 Å². The van der Waals surface area contributed by atoms with Crippen LogP contribution in [0.5, 0.6) is 11.5 Å². The average molecular weight is 340 g/mol. The number of carbonyl (C=O) groups is 1. The number of rotatable bonds is 2. The van der Waals surface area contributed by atoms with Gasteiger partial charge >= 0.3 is 5.97 Å². The Balaban J connectivity index is 2.23. The third kappa shape index (κ3) is 2.46. The number of hydrogen-bond donors (Lipinski definition) is 0. The van der Waals surface area contributed by atoms with Crippen molar-refractivity contribution in [3.05, 3.63) is 11.1 Å². The molecule has 3 rings (SSSR count). The first-order valence-electron chi connectivity index (χ1n) is 7.29. The van der Waals surface area contributed by atoms with Crippen molar-refractivity contribution >= 4 is 29.5 Å². The Bertz CT molecular complexity index is 620. The molecule has 0 aromatic heterocycles. The second-order valence-corrected chi connectivity index (χ2v) is 9.44. The summed E-state index contributed by atoms with van der Waals surface area (Å²) in [7, 11) is 0. The van der Waals surface area contributed by atoms with E-state index in [0.29, 0.717) is 23.7 Å². The lowest BCUT2D eigenvalue weighted by atomic mass is 10.1. The molecule has 2 aliphatic rings. The van der Waals surface area contributed by atoms with Crippen LogP contribution in [0, 0.1) is 6.92 Å². The smallest absolute Gasteiger partial charge is 0.345 e. The Morgan fingerprint density at radius 1 is 1.05 bits per heavy atom. The van der Waals surface area contributed by atoms with Crippen molar-refractivity contribution in [3.63, 3.8) is 0 Å². The van der Waals surface area contributed by atoms with Gasteiger partial charge in [-0.05, 0) is 47.1 Å². The largest absolute Gasteiger partial charge is 0.475 e. The first-order valence-corrected chi connectivity index (χ1v) is 8.92. The molecule has 0 amide bonds. The minimum Gasteiger partial charge on any atom is -0.475 e. The summed E-state index contributed by atoms with van der Waals surface area (Å²) in [4.78, 5) is 13.7. The first-order chi connectivity index (χ1) is 10.2. The van der Waals surface area contributed by atoms with Crippen LogP contribution in [0.4, 0.5) is 0 Å².